The molecule has 0 saturated carbocycles. The molecule has 72 heavy (non-hydrogen) atoms. The number of aromatic nitrogens is 2. The van der Waals surface area contributed by atoms with Crippen molar-refractivity contribution in [1.82, 2.24) is 9.55 Å². The van der Waals surface area contributed by atoms with Gasteiger partial charge in [-0.1, -0.05) is 185 Å². The molecule has 0 saturated heterocycles. The van der Waals surface area contributed by atoms with Crippen LogP contribution in [0.1, 0.15) is 124 Å². The van der Waals surface area contributed by atoms with Gasteiger partial charge in [-0.05, 0) is 104 Å². The van der Waals surface area contributed by atoms with E-state index in [2.05, 4.69) is 163 Å². The summed E-state index contributed by atoms with van der Waals surface area (Å²) in [4.78, 5) is 9.03. The molecule has 1 aliphatic rings. The van der Waals surface area contributed by atoms with E-state index in [1.807, 2.05) is 67.5 Å². The number of rotatable bonds is 11. The van der Waals surface area contributed by atoms with E-state index in [0.29, 0.717) is 22.7 Å². The molecule has 1 aliphatic heterocycles. The molecule has 0 amide bonds. The molecule has 0 atom stereocenters. The average Bonchev–Trinajstić information content (AvgIpc) is 3.93. The van der Waals surface area contributed by atoms with Crippen LogP contribution in [0.5, 0.6) is 11.5 Å². The Labute approximate surface area is 450 Å². The molecule has 2 aromatic heterocycles. The summed E-state index contributed by atoms with van der Waals surface area (Å²) in [7, 11) is 0. The number of pyridine rings is 1. The standard InChI is InChI=1S/C66H67N4O.Pt/c1-12-22-44-31-32-57-56(34-44)62-46(23-13-2)37-53(42-60(62)70(57)61-30-19-20-33-67-61)71-52-27-21-26-51(41-52)68-43-69(59-29-18-17-28-58(59)68)63-54(45-24-15-14-16-25-45)39-50(66(9,10)11)40-55(63)47-35-48(64(3,4)5)38-49(36-47)65(6,7)8;/h14-21,24-40,43H,12-13,22-23H2,1-11H3;/q-3;/i14D,15D,16D,24D,25D;. The predicted molar refractivity (Wildman–Crippen MR) is 299 cm³/mol. The number of nitrogens with zero attached hydrogens (tertiary/aromatic N) is 4. The summed E-state index contributed by atoms with van der Waals surface area (Å²) in [5, 5.41) is 2.34. The summed E-state index contributed by atoms with van der Waals surface area (Å²) < 4.78 is 54.5. The van der Waals surface area contributed by atoms with Gasteiger partial charge in [0, 0.05) is 72.5 Å². The van der Waals surface area contributed by atoms with E-state index in [0.717, 1.165) is 81.7 Å². The largest absolute Gasteiger partial charge is 0.509 e. The average molecular weight is 1130 g/mol. The molecule has 9 aromatic rings. The van der Waals surface area contributed by atoms with E-state index >= 15 is 0 Å². The second-order valence-electron chi connectivity index (χ2n) is 22.1. The van der Waals surface area contributed by atoms with Gasteiger partial charge >= 0.3 is 0 Å². The molecule has 6 heteroatoms. The summed E-state index contributed by atoms with van der Waals surface area (Å²) in [5.41, 5.74) is 12.6. The van der Waals surface area contributed by atoms with Crippen molar-refractivity contribution in [2.45, 2.75) is 118 Å². The summed E-state index contributed by atoms with van der Waals surface area (Å²) in [6.07, 6.45) is 5.68. The first-order chi connectivity index (χ1) is 36.1. The number of benzene rings is 7. The number of aryl methyl sites for hydroxylation is 2. The SMILES string of the molecule is [2H]c1c([2H])c([2H])c(-c2cc(C(C)(C)C)cc(-c3cc(C(C)(C)C)cc(C(C)(C)C)c3)c2N2[CH-]N(c3[c-]c(Oc4[c-]c5c(c(CCC)c4)c4cc(CCC)ccc4n5-c4ccccn4)ccc3)c3ccccc32)c([2H])c1[2H].[Pt]. The zero-order valence-corrected chi connectivity index (χ0v) is 45.7. The smallest absolute Gasteiger partial charge is 0.135 e. The first kappa shape index (κ1) is 44.3. The normalized spacial score (nSPS) is 13.9. The fourth-order valence-corrected chi connectivity index (χ4v) is 9.86. The molecule has 0 unspecified atom stereocenters. The Hall–Kier alpha value is -6.42. The monoisotopic (exact) mass is 1130 g/mol. The van der Waals surface area contributed by atoms with Gasteiger partial charge in [0.1, 0.15) is 5.82 Å². The van der Waals surface area contributed by atoms with Crippen molar-refractivity contribution in [2.75, 3.05) is 9.80 Å². The molecule has 370 valence electrons. The van der Waals surface area contributed by atoms with Crippen LogP contribution in [0.25, 0.3) is 49.9 Å². The molecule has 0 bridgehead atoms. The molecule has 0 fully saturated rings. The summed E-state index contributed by atoms with van der Waals surface area (Å²) >= 11 is 0. The number of para-hydroxylation sites is 2. The van der Waals surface area contributed by atoms with Crippen LogP contribution >= 0.6 is 0 Å². The van der Waals surface area contributed by atoms with Gasteiger partial charge in [0.2, 0.25) is 0 Å². The Kier molecular flexibility index (Phi) is 12.2. The third-order valence-corrected chi connectivity index (χ3v) is 13.7. The van der Waals surface area contributed by atoms with E-state index in [1.54, 1.807) is 0 Å². The van der Waals surface area contributed by atoms with Gasteiger partial charge in [-0.2, -0.15) is 6.07 Å². The van der Waals surface area contributed by atoms with Crippen LogP contribution in [0, 0.1) is 18.8 Å². The van der Waals surface area contributed by atoms with Gasteiger partial charge in [0.15, 0.2) is 0 Å². The van der Waals surface area contributed by atoms with Crippen molar-refractivity contribution in [1.29, 1.82) is 0 Å². The Morgan fingerprint density at radius 1 is 0.611 bits per heavy atom. The maximum Gasteiger partial charge on any atom is 0.135 e. The molecule has 10 rings (SSSR count). The molecule has 0 radical (unpaired) electrons. The molecular weight excluding hydrogens is 1060 g/mol. The van der Waals surface area contributed by atoms with Crippen LogP contribution < -0.4 is 14.5 Å². The molecule has 5 nitrogen and oxygen atoms in total. The van der Waals surface area contributed by atoms with Gasteiger partial charge in [-0.25, -0.2) is 4.98 Å². The van der Waals surface area contributed by atoms with Crippen molar-refractivity contribution >= 4 is 44.6 Å². The van der Waals surface area contributed by atoms with Crippen molar-refractivity contribution in [2.24, 2.45) is 0 Å². The number of hydrogen-bond acceptors (Lipinski definition) is 4. The van der Waals surface area contributed by atoms with Crippen LogP contribution in [0.2, 0.25) is 0 Å². The van der Waals surface area contributed by atoms with Crippen molar-refractivity contribution < 1.29 is 32.7 Å². The van der Waals surface area contributed by atoms with Gasteiger partial charge in [0.05, 0.1) is 6.85 Å². The Bertz CT molecular complexity index is 3660. The summed E-state index contributed by atoms with van der Waals surface area (Å²) in [5.74, 6) is 1.89. The second-order valence-corrected chi connectivity index (χ2v) is 22.1. The second kappa shape index (κ2) is 19.9. The Balaban J connectivity index is 0.00000722. The Morgan fingerprint density at radius 3 is 1.89 bits per heavy atom. The number of hydrogen-bond donors (Lipinski definition) is 0. The first-order valence-corrected chi connectivity index (χ1v) is 25.2. The van der Waals surface area contributed by atoms with Crippen LogP contribution in [0.4, 0.5) is 22.7 Å². The van der Waals surface area contributed by atoms with Gasteiger partial charge < -0.3 is 19.1 Å². The topological polar surface area (TPSA) is 33.5 Å². The molecular formula is C66H67N4OPt-3. The predicted octanol–water partition coefficient (Wildman–Crippen LogP) is 18.1. The maximum atomic E-state index is 9.46. The Morgan fingerprint density at radius 2 is 1.25 bits per heavy atom. The van der Waals surface area contributed by atoms with Crippen molar-refractivity contribution in [3.8, 4) is 39.6 Å². The van der Waals surface area contributed by atoms with Gasteiger partial charge in [0.25, 0.3) is 0 Å². The quantitative estimate of drug-likeness (QED) is 0.121. The third kappa shape index (κ3) is 9.78. The van der Waals surface area contributed by atoms with Crippen molar-refractivity contribution in [3.05, 3.63) is 198 Å². The zero-order chi connectivity index (χ0) is 54.2. The number of anilines is 4. The van der Waals surface area contributed by atoms with E-state index < -0.39 is 6.04 Å². The van der Waals surface area contributed by atoms with Gasteiger partial charge in [-0.15, -0.1) is 48.3 Å². The molecule has 0 spiro atoms. The minimum atomic E-state index is -0.433. The number of ether oxygens (including phenoxy) is 1. The molecule has 3 heterocycles. The van der Waals surface area contributed by atoms with Crippen LogP contribution in [-0.2, 0) is 50.2 Å². The molecule has 7 aromatic carbocycles. The minimum Gasteiger partial charge on any atom is -0.509 e. The number of fused-ring (bicyclic) bond motifs is 4. The van der Waals surface area contributed by atoms with E-state index in [1.165, 1.54) is 27.6 Å². The summed E-state index contributed by atoms with van der Waals surface area (Å²) in [6, 6.07) is 45.6. The summed E-state index contributed by atoms with van der Waals surface area (Å²) in [6.45, 7) is 26.3. The fourth-order valence-electron chi connectivity index (χ4n) is 9.86. The minimum absolute atomic E-state index is 0. The van der Waals surface area contributed by atoms with E-state index in [9.17, 15) is 2.74 Å². The first-order valence-electron chi connectivity index (χ1n) is 27.7. The fraction of sp³-hybridized carbons (Fsp3) is 0.273. The third-order valence-electron chi connectivity index (χ3n) is 13.7. The van der Waals surface area contributed by atoms with Crippen LogP contribution in [0.3, 0.4) is 0 Å². The maximum absolute atomic E-state index is 9.46. The van der Waals surface area contributed by atoms with Crippen LogP contribution in [0.15, 0.2) is 152 Å². The van der Waals surface area contributed by atoms with Crippen LogP contribution in [-0.4, -0.2) is 9.55 Å². The van der Waals surface area contributed by atoms with Crippen molar-refractivity contribution in [3.63, 3.8) is 0 Å². The molecule has 0 aliphatic carbocycles. The van der Waals surface area contributed by atoms with E-state index in [-0.39, 0.29) is 67.0 Å². The van der Waals surface area contributed by atoms with Gasteiger partial charge in [-0.3, -0.25) is 0 Å². The van der Waals surface area contributed by atoms with E-state index in [4.69, 9.17) is 13.8 Å². The molecule has 0 N–H and O–H groups in total. The zero-order valence-electron chi connectivity index (χ0n) is 48.5.